The fourth-order valence-electron chi connectivity index (χ4n) is 1.74. The number of halogens is 1. The number of Topliss-reactive ketones (excluding diaryl/α,β-unsaturated/α-hetero) is 2. The Morgan fingerprint density at radius 1 is 1.29 bits per heavy atom. The molecule has 0 radical (unpaired) electrons. The number of nitrogens with one attached hydrogen (secondary N) is 1. The van der Waals surface area contributed by atoms with Crippen molar-refractivity contribution >= 4 is 28.9 Å². The summed E-state index contributed by atoms with van der Waals surface area (Å²) >= 11 is 6.05. The van der Waals surface area contributed by atoms with Crippen LogP contribution in [0.3, 0.4) is 0 Å². The zero-order chi connectivity index (χ0) is 16.4. The predicted molar refractivity (Wildman–Crippen MR) is 90.2 cm³/mol. The third-order valence-electron chi connectivity index (χ3n) is 3.11. The first-order valence-electron chi connectivity index (χ1n) is 7.49. The predicted octanol–water partition coefficient (Wildman–Crippen LogP) is 4.80. The van der Waals surface area contributed by atoms with Crippen LogP contribution in [-0.4, -0.2) is 17.6 Å². The maximum absolute atomic E-state index is 11.6. The molecule has 118 valence electrons. The van der Waals surface area contributed by atoms with Gasteiger partial charge in [0.15, 0.2) is 5.78 Å². The lowest BCUT2D eigenvalue weighted by atomic mass is 10.0. The summed E-state index contributed by atoms with van der Waals surface area (Å²) in [5.41, 5.74) is 1.80. The van der Waals surface area contributed by atoms with Crippen molar-refractivity contribution in [2.24, 2.45) is 0 Å². The maximum Gasteiger partial charge on any atom is 0.151 e. The van der Waals surface area contributed by atoms with Crippen LogP contribution < -0.4 is 5.32 Å². The third kappa shape index (κ3) is 7.28. The highest BCUT2D eigenvalue weighted by Crippen LogP contribution is 2.21. The van der Waals surface area contributed by atoms with Gasteiger partial charge in [0.25, 0.3) is 0 Å². The van der Waals surface area contributed by atoms with Gasteiger partial charge in [-0.3, -0.25) is 9.59 Å². The quantitative estimate of drug-likeness (QED) is 0.786. The normalized spacial score (nSPS) is 11.1. The molecule has 0 aliphatic carbocycles. The average Bonchev–Trinajstić information content (AvgIpc) is 2.48. The fourth-order valence-corrected chi connectivity index (χ4v) is 1.92. The van der Waals surface area contributed by atoms with Gasteiger partial charge in [0.2, 0.25) is 0 Å². The van der Waals surface area contributed by atoms with Crippen LogP contribution >= 0.6 is 11.6 Å². The fraction of sp³-hybridized carbons (Fsp3) is 0.529. The zero-order valence-electron chi connectivity index (χ0n) is 13.6. The number of carbonyl (C=O) groups excluding carboxylic acids is 2. The second-order valence-corrected chi connectivity index (χ2v) is 5.11. The van der Waals surface area contributed by atoms with Crippen LogP contribution in [0.4, 0.5) is 5.69 Å². The van der Waals surface area contributed by atoms with Gasteiger partial charge in [0.1, 0.15) is 5.78 Å². The van der Waals surface area contributed by atoms with E-state index in [1.165, 1.54) is 6.92 Å². The highest BCUT2D eigenvalue weighted by Gasteiger charge is 2.15. The molecule has 0 saturated carbocycles. The third-order valence-corrected chi connectivity index (χ3v) is 3.52. The summed E-state index contributed by atoms with van der Waals surface area (Å²) in [6.07, 6.45) is 1.46. The van der Waals surface area contributed by atoms with Crippen LogP contribution in [0.5, 0.6) is 0 Å². The Kier molecular flexibility index (Phi) is 9.72. The average molecular weight is 312 g/mol. The van der Waals surface area contributed by atoms with E-state index in [1.807, 2.05) is 39.8 Å². The van der Waals surface area contributed by atoms with Crippen LogP contribution in [-0.2, 0) is 9.59 Å². The van der Waals surface area contributed by atoms with Crippen molar-refractivity contribution in [2.75, 3.05) is 5.32 Å². The highest BCUT2D eigenvalue weighted by atomic mass is 35.5. The molecule has 0 saturated heterocycles. The van der Waals surface area contributed by atoms with Crippen LogP contribution in [0.25, 0.3) is 0 Å². The topological polar surface area (TPSA) is 46.2 Å². The molecular weight excluding hydrogens is 286 g/mol. The van der Waals surface area contributed by atoms with E-state index in [-0.39, 0.29) is 17.6 Å². The lowest BCUT2D eigenvalue weighted by molar-refractivity contribution is -0.119. The number of ketones is 2. The van der Waals surface area contributed by atoms with E-state index < -0.39 is 0 Å². The molecule has 4 heteroatoms. The number of anilines is 1. The largest absolute Gasteiger partial charge is 0.375 e. The molecule has 0 spiro atoms. The number of hydrogen-bond acceptors (Lipinski definition) is 3. The molecule has 1 atom stereocenters. The molecule has 0 aromatic heterocycles. The first-order chi connectivity index (χ1) is 9.93. The molecular formula is C17H26ClNO2. The molecule has 3 nitrogen and oxygen atoms in total. The van der Waals surface area contributed by atoms with Gasteiger partial charge >= 0.3 is 0 Å². The monoisotopic (exact) mass is 311 g/mol. The molecule has 0 aliphatic rings. The van der Waals surface area contributed by atoms with E-state index in [2.05, 4.69) is 5.32 Å². The minimum atomic E-state index is -0.339. The van der Waals surface area contributed by atoms with E-state index in [0.29, 0.717) is 24.3 Å². The molecule has 21 heavy (non-hydrogen) atoms. The van der Waals surface area contributed by atoms with Gasteiger partial charge in [0.05, 0.1) is 6.04 Å². The van der Waals surface area contributed by atoms with Crippen molar-refractivity contribution in [2.45, 2.75) is 59.9 Å². The Hall–Kier alpha value is -1.35. The van der Waals surface area contributed by atoms with Crippen LogP contribution in [0.15, 0.2) is 18.2 Å². The van der Waals surface area contributed by atoms with Gasteiger partial charge in [-0.15, -0.1) is 0 Å². The maximum atomic E-state index is 11.6. The molecule has 1 rings (SSSR count). The molecule has 0 heterocycles. The van der Waals surface area contributed by atoms with Gasteiger partial charge in [0, 0.05) is 23.6 Å². The van der Waals surface area contributed by atoms with Crippen LogP contribution in [0, 0.1) is 6.92 Å². The van der Waals surface area contributed by atoms with Crippen molar-refractivity contribution in [3.63, 3.8) is 0 Å². The van der Waals surface area contributed by atoms with E-state index in [0.717, 1.165) is 11.3 Å². The number of carbonyl (C=O) groups is 2. The standard InChI is InChI=1S/C15H20ClNO2.C2H6/c1-4-13(19)7-8-15(11(3)18)17-12-6-5-10(2)14(16)9-12;1-2/h5-6,9,15,17H,4,7-8H2,1-3H3;1-2H3. The van der Waals surface area contributed by atoms with Crippen LogP contribution in [0.1, 0.15) is 52.5 Å². The van der Waals surface area contributed by atoms with Crippen molar-refractivity contribution in [3.8, 4) is 0 Å². The van der Waals surface area contributed by atoms with Crippen LogP contribution in [0.2, 0.25) is 5.02 Å². The lowest BCUT2D eigenvalue weighted by Gasteiger charge is -2.17. The minimum Gasteiger partial charge on any atom is -0.375 e. The molecule has 1 aromatic carbocycles. The molecule has 0 aliphatic heterocycles. The van der Waals surface area contributed by atoms with E-state index in [1.54, 1.807) is 6.07 Å². The number of aryl methyl sites for hydroxylation is 1. The number of hydrogen-bond donors (Lipinski definition) is 1. The van der Waals surface area contributed by atoms with Gasteiger partial charge in [-0.2, -0.15) is 0 Å². The molecule has 1 aromatic rings. The SMILES string of the molecule is CC.CCC(=O)CCC(Nc1ccc(C)c(Cl)c1)C(C)=O. The second kappa shape index (κ2) is 10.4. The van der Waals surface area contributed by atoms with E-state index in [4.69, 9.17) is 11.6 Å². The summed E-state index contributed by atoms with van der Waals surface area (Å²) in [6, 6.07) is 5.25. The molecule has 1 N–H and O–H groups in total. The number of rotatable bonds is 7. The Morgan fingerprint density at radius 2 is 1.90 bits per heavy atom. The Morgan fingerprint density at radius 3 is 2.38 bits per heavy atom. The van der Waals surface area contributed by atoms with Gasteiger partial charge < -0.3 is 5.32 Å². The summed E-state index contributed by atoms with van der Waals surface area (Å²) in [4.78, 5) is 22.9. The molecule has 1 unspecified atom stereocenters. The van der Waals surface area contributed by atoms with Gasteiger partial charge in [-0.1, -0.05) is 38.4 Å². The molecule has 0 fully saturated rings. The first-order valence-corrected chi connectivity index (χ1v) is 7.86. The van der Waals surface area contributed by atoms with Gasteiger partial charge in [-0.25, -0.2) is 0 Å². The minimum absolute atomic E-state index is 0.0283. The first kappa shape index (κ1) is 19.7. The van der Waals surface area contributed by atoms with Crippen molar-refractivity contribution in [3.05, 3.63) is 28.8 Å². The summed E-state index contributed by atoms with van der Waals surface area (Å²) in [5, 5.41) is 3.80. The second-order valence-electron chi connectivity index (χ2n) is 4.70. The highest BCUT2D eigenvalue weighted by molar-refractivity contribution is 6.31. The Bertz CT molecular complexity index is 472. The summed E-state index contributed by atoms with van der Waals surface area (Å²) in [5.74, 6) is 0.204. The molecule has 0 amide bonds. The summed E-state index contributed by atoms with van der Waals surface area (Å²) < 4.78 is 0. The van der Waals surface area contributed by atoms with Crippen molar-refractivity contribution < 1.29 is 9.59 Å². The summed E-state index contributed by atoms with van der Waals surface area (Å²) in [7, 11) is 0. The molecule has 0 bridgehead atoms. The van der Waals surface area contributed by atoms with E-state index >= 15 is 0 Å². The van der Waals surface area contributed by atoms with Gasteiger partial charge in [-0.05, 0) is 38.0 Å². The number of benzene rings is 1. The smallest absolute Gasteiger partial charge is 0.151 e. The summed E-state index contributed by atoms with van der Waals surface area (Å²) in [6.45, 7) is 9.29. The van der Waals surface area contributed by atoms with Crippen molar-refractivity contribution in [1.82, 2.24) is 0 Å². The van der Waals surface area contributed by atoms with E-state index in [9.17, 15) is 9.59 Å². The zero-order valence-corrected chi connectivity index (χ0v) is 14.4. The Balaban J connectivity index is 0.00000191. The van der Waals surface area contributed by atoms with Crippen molar-refractivity contribution in [1.29, 1.82) is 0 Å². The Labute approximate surface area is 133 Å². The lowest BCUT2D eigenvalue weighted by Crippen LogP contribution is -2.28.